The molecule has 0 amide bonds. The minimum absolute atomic E-state index is 0.154. The van der Waals surface area contributed by atoms with Crippen molar-refractivity contribution >= 4 is 5.71 Å². The van der Waals surface area contributed by atoms with Crippen molar-refractivity contribution in [1.29, 1.82) is 0 Å². The zero-order chi connectivity index (χ0) is 16.2. The predicted octanol–water partition coefficient (Wildman–Crippen LogP) is 4.56. The third-order valence-corrected chi connectivity index (χ3v) is 4.75. The summed E-state index contributed by atoms with van der Waals surface area (Å²) in [5, 5.41) is 17.1. The normalized spacial score (nSPS) is 26.6. The Morgan fingerprint density at radius 3 is 2.04 bits per heavy atom. The molecule has 0 unspecified atom stereocenters. The van der Waals surface area contributed by atoms with Crippen LogP contribution in [0, 0.1) is 11.8 Å². The molecule has 120 valence electrons. The molecule has 3 atom stereocenters. The number of hydrogen-bond donors (Lipinski definition) is 2. The van der Waals surface area contributed by atoms with Crippen LogP contribution in [-0.2, 0) is 0 Å². The standard InChI is InChI=1S/C20H24N2O/c1-14(2)19-18(22-23)13-17(15-9-5-3-6-10-15)21-20(19)16-11-7-4-8-12-16/h3-12,14,17,19-21,23H,13H2,1-2H3/b22-18+/t17-,19+,20-/m0/s1. The lowest BCUT2D eigenvalue weighted by molar-refractivity contribution is 0.263. The summed E-state index contributed by atoms with van der Waals surface area (Å²) in [6.45, 7) is 4.38. The van der Waals surface area contributed by atoms with Gasteiger partial charge in [0.2, 0.25) is 0 Å². The molecule has 1 aliphatic heterocycles. The third-order valence-electron chi connectivity index (χ3n) is 4.75. The molecule has 23 heavy (non-hydrogen) atoms. The minimum atomic E-state index is 0.154. The van der Waals surface area contributed by atoms with E-state index in [2.05, 4.69) is 72.9 Å². The molecule has 0 spiro atoms. The molecule has 0 aliphatic carbocycles. The van der Waals surface area contributed by atoms with Crippen molar-refractivity contribution in [2.75, 3.05) is 0 Å². The van der Waals surface area contributed by atoms with Crippen LogP contribution < -0.4 is 5.32 Å². The first kappa shape index (κ1) is 15.8. The Bertz CT molecular complexity index is 652. The lowest BCUT2D eigenvalue weighted by Crippen LogP contribution is -2.44. The van der Waals surface area contributed by atoms with Gasteiger partial charge in [0, 0.05) is 24.4 Å². The molecule has 1 fully saturated rings. The molecule has 3 nitrogen and oxygen atoms in total. The number of oxime groups is 1. The van der Waals surface area contributed by atoms with E-state index < -0.39 is 0 Å². The van der Waals surface area contributed by atoms with E-state index in [-0.39, 0.29) is 18.0 Å². The molecule has 0 radical (unpaired) electrons. The Labute approximate surface area is 138 Å². The molecular formula is C20H24N2O. The highest BCUT2D eigenvalue weighted by Crippen LogP contribution is 2.39. The Morgan fingerprint density at radius 1 is 0.957 bits per heavy atom. The molecule has 0 saturated carbocycles. The Kier molecular flexibility index (Phi) is 4.77. The summed E-state index contributed by atoms with van der Waals surface area (Å²) in [4.78, 5) is 0. The van der Waals surface area contributed by atoms with Crippen LogP contribution in [0.5, 0.6) is 0 Å². The average Bonchev–Trinajstić information content (AvgIpc) is 2.62. The van der Waals surface area contributed by atoms with Gasteiger partial charge in [-0.3, -0.25) is 0 Å². The Hall–Kier alpha value is -2.13. The molecule has 2 aromatic rings. The summed E-state index contributed by atoms with van der Waals surface area (Å²) in [7, 11) is 0. The summed E-state index contributed by atoms with van der Waals surface area (Å²) in [5.41, 5.74) is 3.37. The average molecular weight is 308 g/mol. The molecule has 2 N–H and O–H groups in total. The first-order chi connectivity index (χ1) is 11.2. The van der Waals surface area contributed by atoms with E-state index >= 15 is 0 Å². The first-order valence-corrected chi connectivity index (χ1v) is 8.27. The highest BCUT2D eigenvalue weighted by atomic mass is 16.4. The fourth-order valence-electron chi connectivity index (χ4n) is 3.66. The van der Waals surface area contributed by atoms with Crippen molar-refractivity contribution in [2.45, 2.75) is 32.4 Å². The van der Waals surface area contributed by atoms with Gasteiger partial charge in [0.05, 0.1) is 5.71 Å². The quantitative estimate of drug-likeness (QED) is 0.644. The number of nitrogens with one attached hydrogen (secondary N) is 1. The zero-order valence-electron chi connectivity index (χ0n) is 13.7. The van der Waals surface area contributed by atoms with E-state index in [1.54, 1.807) is 0 Å². The predicted molar refractivity (Wildman–Crippen MR) is 93.7 cm³/mol. The van der Waals surface area contributed by atoms with Crippen LogP contribution in [-0.4, -0.2) is 10.9 Å². The molecule has 0 aromatic heterocycles. The maximum atomic E-state index is 9.60. The van der Waals surface area contributed by atoms with Crippen LogP contribution in [0.2, 0.25) is 0 Å². The smallest absolute Gasteiger partial charge is 0.0642 e. The maximum Gasteiger partial charge on any atom is 0.0642 e. The van der Waals surface area contributed by atoms with E-state index in [0.717, 1.165) is 12.1 Å². The minimum Gasteiger partial charge on any atom is -0.411 e. The van der Waals surface area contributed by atoms with E-state index in [1.807, 2.05) is 12.1 Å². The van der Waals surface area contributed by atoms with Gasteiger partial charge in [-0.2, -0.15) is 0 Å². The topological polar surface area (TPSA) is 44.6 Å². The van der Waals surface area contributed by atoms with Crippen molar-refractivity contribution in [2.24, 2.45) is 17.0 Å². The van der Waals surface area contributed by atoms with Crippen molar-refractivity contribution in [3.8, 4) is 0 Å². The van der Waals surface area contributed by atoms with Gasteiger partial charge in [-0.05, 0) is 17.0 Å². The SMILES string of the molecule is CC(C)[C@@H]1/C(=N/O)C[C@@H](c2ccccc2)N[C@H]1c1ccccc1. The van der Waals surface area contributed by atoms with Crippen LogP contribution in [0.1, 0.15) is 43.5 Å². The highest BCUT2D eigenvalue weighted by molar-refractivity contribution is 5.89. The molecule has 3 rings (SSSR count). The van der Waals surface area contributed by atoms with Gasteiger partial charge in [0.15, 0.2) is 0 Å². The maximum absolute atomic E-state index is 9.60. The summed E-state index contributed by atoms with van der Waals surface area (Å²) in [5.74, 6) is 0.595. The molecule has 0 bridgehead atoms. The molecule has 1 saturated heterocycles. The van der Waals surface area contributed by atoms with Crippen LogP contribution in [0.25, 0.3) is 0 Å². The number of benzene rings is 2. The number of nitrogens with zero attached hydrogens (tertiary/aromatic N) is 1. The van der Waals surface area contributed by atoms with E-state index in [9.17, 15) is 5.21 Å². The van der Waals surface area contributed by atoms with Crippen LogP contribution in [0.15, 0.2) is 65.8 Å². The number of rotatable bonds is 3. The van der Waals surface area contributed by atoms with E-state index in [0.29, 0.717) is 5.92 Å². The monoisotopic (exact) mass is 308 g/mol. The second-order valence-electron chi connectivity index (χ2n) is 6.58. The van der Waals surface area contributed by atoms with E-state index in [4.69, 9.17) is 0 Å². The lowest BCUT2D eigenvalue weighted by atomic mass is 9.75. The van der Waals surface area contributed by atoms with Gasteiger partial charge in [-0.1, -0.05) is 79.7 Å². The Morgan fingerprint density at radius 2 is 1.52 bits per heavy atom. The fourth-order valence-corrected chi connectivity index (χ4v) is 3.66. The van der Waals surface area contributed by atoms with Gasteiger partial charge in [0.25, 0.3) is 0 Å². The summed E-state index contributed by atoms with van der Waals surface area (Å²) >= 11 is 0. The van der Waals surface area contributed by atoms with Crippen molar-refractivity contribution in [3.05, 3.63) is 71.8 Å². The largest absolute Gasteiger partial charge is 0.411 e. The van der Waals surface area contributed by atoms with Gasteiger partial charge in [-0.15, -0.1) is 0 Å². The lowest BCUT2D eigenvalue weighted by Gasteiger charge is -2.40. The highest BCUT2D eigenvalue weighted by Gasteiger charge is 2.38. The van der Waals surface area contributed by atoms with Gasteiger partial charge in [0.1, 0.15) is 0 Å². The first-order valence-electron chi connectivity index (χ1n) is 8.27. The van der Waals surface area contributed by atoms with Gasteiger partial charge in [-0.25, -0.2) is 0 Å². The summed E-state index contributed by atoms with van der Waals surface area (Å²) in [6.07, 6.45) is 0.743. The Balaban J connectivity index is 1.98. The zero-order valence-corrected chi connectivity index (χ0v) is 13.7. The van der Waals surface area contributed by atoms with Crippen molar-refractivity contribution in [3.63, 3.8) is 0 Å². The van der Waals surface area contributed by atoms with Gasteiger partial charge >= 0.3 is 0 Å². The van der Waals surface area contributed by atoms with Crippen LogP contribution in [0.3, 0.4) is 0 Å². The van der Waals surface area contributed by atoms with Crippen LogP contribution >= 0.6 is 0 Å². The molecule has 3 heteroatoms. The second kappa shape index (κ2) is 6.97. The summed E-state index contributed by atoms with van der Waals surface area (Å²) < 4.78 is 0. The van der Waals surface area contributed by atoms with Crippen LogP contribution in [0.4, 0.5) is 0 Å². The third kappa shape index (κ3) is 3.30. The van der Waals surface area contributed by atoms with Gasteiger partial charge < -0.3 is 10.5 Å². The molecule has 1 aliphatic rings. The molecular weight excluding hydrogens is 284 g/mol. The second-order valence-corrected chi connectivity index (χ2v) is 6.58. The number of piperidine rings is 1. The summed E-state index contributed by atoms with van der Waals surface area (Å²) in [6, 6.07) is 21.2. The molecule has 2 aromatic carbocycles. The van der Waals surface area contributed by atoms with E-state index in [1.165, 1.54) is 11.1 Å². The number of hydrogen-bond acceptors (Lipinski definition) is 3. The fraction of sp³-hybridized carbons (Fsp3) is 0.350. The van der Waals surface area contributed by atoms with Crippen molar-refractivity contribution in [1.82, 2.24) is 5.32 Å². The molecule has 1 heterocycles. The van der Waals surface area contributed by atoms with Crippen molar-refractivity contribution < 1.29 is 5.21 Å².